The highest BCUT2D eigenvalue weighted by Crippen LogP contribution is 2.31. The van der Waals surface area contributed by atoms with Gasteiger partial charge in [0.2, 0.25) is 0 Å². The van der Waals surface area contributed by atoms with Gasteiger partial charge in [-0.1, -0.05) is 26.0 Å². The lowest BCUT2D eigenvalue weighted by Crippen LogP contribution is -2.35. The van der Waals surface area contributed by atoms with Crippen LogP contribution in [-0.4, -0.2) is 14.8 Å². The van der Waals surface area contributed by atoms with Crippen LogP contribution in [0.3, 0.4) is 0 Å². The fourth-order valence-corrected chi connectivity index (χ4v) is 1.96. The van der Waals surface area contributed by atoms with E-state index in [0.29, 0.717) is 5.92 Å². The third-order valence-corrected chi connectivity index (χ3v) is 3.61. The lowest BCUT2D eigenvalue weighted by Gasteiger charge is -2.32. The van der Waals surface area contributed by atoms with E-state index in [4.69, 9.17) is 0 Å². The van der Waals surface area contributed by atoms with Crippen molar-refractivity contribution in [2.24, 2.45) is 5.92 Å². The van der Waals surface area contributed by atoms with E-state index in [9.17, 15) is 0 Å². The maximum atomic E-state index is 4.46. The van der Waals surface area contributed by atoms with Crippen molar-refractivity contribution in [3.63, 3.8) is 0 Å². The predicted molar refractivity (Wildman–Crippen MR) is 74.1 cm³/mol. The van der Waals surface area contributed by atoms with Gasteiger partial charge in [0.05, 0.1) is 16.9 Å². The zero-order valence-electron chi connectivity index (χ0n) is 11.2. The SMILES string of the molecule is C=CC(C)(C(C)C)n1nccc1-c1ccccn1. The smallest absolute Gasteiger partial charge is 0.0883 e. The molecule has 2 aromatic heterocycles. The van der Waals surface area contributed by atoms with Crippen LogP contribution in [-0.2, 0) is 5.54 Å². The fourth-order valence-electron chi connectivity index (χ4n) is 1.96. The summed E-state index contributed by atoms with van der Waals surface area (Å²) in [5.74, 6) is 0.400. The monoisotopic (exact) mass is 241 g/mol. The van der Waals surface area contributed by atoms with Gasteiger partial charge in [0.1, 0.15) is 0 Å². The molecule has 0 spiro atoms. The highest BCUT2D eigenvalue weighted by atomic mass is 15.3. The molecule has 0 aliphatic carbocycles. The Kier molecular flexibility index (Phi) is 3.32. The zero-order valence-corrected chi connectivity index (χ0v) is 11.2. The molecule has 94 valence electrons. The summed E-state index contributed by atoms with van der Waals surface area (Å²) in [6.07, 6.45) is 5.57. The van der Waals surface area contributed by atoms with Gasteiger partial charge in [-0.25, -0.2) is 0 Å². The summed E-state index contributed by atoms with van der Waals surface area (Å²) in [5.41, 5.74) is 1.74. The van der Waals surface area contributed by atoms with Gasteiger partial charge < -0.3 is 0 Å². The molecule has 3 heteroatoms. The normalized spacial score (nSPS) is 14.4. The van der Waals surface area contributed by atoms with Crippen LogP contribution in [0.2, 0.25) is 0 Å². The molecule has 0 amide bonds. The molecule has 0 fully saturated rings. The van der Waals surface area contributed by atoms with Crippen molar-refractivity contribution >= 4 is 0 Å². The molecular formula is C15H19N3. The average Bonchev–Trinajstić information content (AvgIpc) is 2.88. The average molecular weight is 241 g/mol. The van der Waals surface area contributed by atoms with Crippen LogP contribution in [0.4, 0.5) is 0 Å². The quantitative estimate of drug-likeness (QED) is 0.767. The number of aromatic nitrogens is 3. The van der Waals surface area contributed by atoms with E-state index < -0.39 is 0 Å². The summed E-state index contributed by atoms with van der Waals surface area (Å²) in [6, 6.07) is 7.89. The Balaban J connectivity index is 2.55. The molecule has 2 aromatic rings. The highest BCUT2D eigenvalue weighted by molar-refractivity contribution is 5.54. The van der Waals surface area contributed by atoms with E-state index in [1.165, 1.54) is 0 Å². The molecule has 18 heavy (non-hydrogen) atoms. The van der Waals surface area contributed by atoms with Gasteiger partial charge in [0, 0.05) is 12.4 Å². The molecule has 0 aromatic carbocycles. The number of hydrogen-bond acceptors (Lipinski definition) is 2. The summed E-state index contributed by atoms with van der Waals surface area (Å²) in [4.78, 5) is 4.39. The molecular weight excluding hydrogens is 222 g/mol. The molecule has 0 radical (unpaired) electrons. The second kappa shape index (κ2) is 4.77. The summed E-state index contributed by atoms with van der Waals surface area (Å²) in [5, 5.41) is 4.46. The number of rotatable bonds is 4. The number of pyridine rings is 1. The van der Waals surface area contributed by atoms with Gasteiger partial charge in [0.25, 0.3) is 0 Å². The molecule has 2 rings (SSSR count). The first-order valence-electron chi connectivity index (χ1n) is 6.19. The summed E-state index contributed by atoms with van der Waals surface area (Å²) in [7, 11) is 0. The maximum absolute atomic E-state index is 4.46. The Morgan fingerprint density at radius 1 is 1.28 bits per heavy atom. The van der Waals surface area contributed by atoms with Crippen LogP contribution in [0.1, 0.15) is 20.8 Å². The Labute approximate surface area is 108 Å². The van der Waals surface area contributed by atoms with E-state index in [1.54, 1.807) is 6.20 Å². The second-order valence-electron chi connectivity index (χ2n) is 4.93. The van der Waals surface area contributed by atoms with Gasteiger partial charge >= 0.3 is 0 Å². The lowest BCUT2D eigenvalue weighted by atomic mass is 9.88. The van der Waals surface area contributed by atoms with E-state index in [2.05, 4.69) is 37.4 Å². The number of hydrogen-bond donors (Lipinski definition) is 0. The molecule has 2 heterocycles. The lowest BCUT2D eigenvalue weighted by molar-refractivity contribution is 0.271. The molecule has 0 bridgehead atoms. The van der Waals surface area contributed by atoms with E-state index in [-0.39, 0.29) is 5.54 Å². The molecule has 0 N–H and O–H groups in total. The van der Waals surface area contributed by atoms with Crippen molar-refractivity contribution in [3.05, 3.63) is 49.3 Å². The van der Waals surface area contributed by atoms with Crippen molar-refractivity contribution in [3.8, 4) is 11.4 Å². The minimum absolute atomic E-state index is 0.212. The Bertz CT molecular complexity index is 528. The Hall–Kier alpha value is -1.90. The minimum atomic E-state index is -0.212. The van der Waals surface area contributed by atoms with Crippen LogP contribution in [0.15, 0.2) is 49.3 Å². The summed E-state index contributed by atoms with van der Waals surface area (Å²) < 4.78 is 2.01. The van der Waals surface area contributed by atoms with E-state index in [1.807, 2.05) is 41.2 Å². The van der Waals surface area contributed by atoms with Crippen molar-refractivity contribution in [2.45, 2.75) is 26.3 Å². The van der Waals surface area contributed by atoms with Crippen LogP contribution < -0.4 is 0 Å². The van der Waals surface area contributed by atoms with Crippen molar-refractivity contribution in [2.75, 3.05) is 0 Å². The third kappa shape index (κ3) is 1.96. The molecule has 1 unspecified atom stereocenters. The first kappa shape index (κ1) is 12.6. The van der Waals surface area contributed by atoms with Gasteiger partial charge in [-0.3, -0.25) is 9.67 Å². The largest absolute Gasteiger partial charge is 0.255 e. The van der Waals surface area contributed by atoms with Crippen LogP contribution >= 0.6 is 0 Å². The van der Waals surface area contributed by atoms with Crippen molar-refractivity contribution < 1.29 is 0 Å². The highest BCUT2D eigenvalue weighted by Gasteiger charge is 2.29. The van der Waals surface area contributed by atoms with Gasteiger partial charge in [-0.2, -0.15) is 5.10 Å². The second-order valence-corrected chi connectivity index (χ2v) is 4.93. The number of allylic oxidation sites excluding steroid dienone is 1. The number of nitrogens with zero attached hydrogens (tertiary/aromatic N) is 3. The molecule has 0 saturated carbocycles. The maximum Gasteiger partial charge on any atom is 0.0883 e. The van der Waals surface area contributed by atoms with Crippen LogP contribution in [0.25, 0.3) is 11.4 Å². The van der Waals surface area contributed by atoms with E-state index >= 15 is 0 Å². The Morgan fingerprint density at radius 2 is 2.06 bits per heavy atom. The molecule has 0 aliphatic heterocycles. The zero-order chi connectivity index (χ0) is 13.2. The van der Waals surface area contributed by atoms with E-state index in [0.717, 1.165) is 11.4 Å². The topological polar surface area (TPSA) is 30.7 Å². The molecule has 1 atom stereocenters. The van der Waals surface area contributed by atoms with Gasteiger partial charge in [-0.05, 0) is 31.0 Å². The summed E-state index contributed by atoms with van der Waals surface area (Å²) in [6.45, 7) is 10.5. The first-order valence-corrected chi connectivity index (χ1v) is 6.19. The van der Waals surface area contributed by atoms with Crippen molar-refractivity contribution in [1.82, 2.24) is 14.8 Å². The van der Waals surface area contributed by atoms with Crippen molar-refractivity contribution in [1.29, 1.82) is 0 Å². The Morgan fingerprint density at radius 3 is 2.61 bits per heavy atom. The molecule has 0 saturated heterocycles. The van der Waals surface area contributed by atoms with Crippen LogP contribution in [0.5, 0.6) is 0 Å². The van der Waals surface area contributed by atoms with Crippen LogP contribution in [0, 0.1) is 5.92 Å². The standard InChI is InChI=1S/C15H19N3/c1-5-15(4,12(2)3)18-14(9-11-17-18)13-8-6-7-10-16-13/h5-12H,1H2,2-4H3. The first-order chi connectivity index (χ1) is 8.59. The molecule has 3 nitrogen and oxygen atoms in total. The summed E-state index contributed by atoms with van der Waals surface area (Å²) >= 11 is 0. The van der Waals surface area contributed by atoms with Gasteiger partial charge in [-0.15, -0.1) is 6.58 Å². The molecule has 0 aliphatic rings. The van der Waals surface area contributed by atoms with Gasteiger partial charge in [0.15, 0.2) is 0 Å². The fraction of sp³-hybridized carbons (Fsp3) is 0.333. The third-order valence-electron chi connectivity index (χ3n) is 3.61. The minimum Gasteiger partial charge on any atom is -0.255 e. The predicted octanol–water partition coefficient (Wildman–Crippen LogP) is 3.50.